The van der Waals surface area contributed by atoms with Gasteiger partial charge >= 0.3 is 0 Å². The lowest BCUT2D eigenvalue weighted by atomic mass is 10.1. The van der Waals surface area contributed by atoms with E-state index in [0.717, 1.165) is 11.1 Å². The summed E-state index contributed by atoms with van der Waals surface area (Å²) in [5, 5.41) is 22.2. The van der Waals surface area contributed by atoms with Crippen LogP contribution in [-0.4, -0.2) is 32.3 Å². The van der Waals surface area contributed by atoms with E-state index >= 15 is 0 Å². The molecule has 1 aromatic heterocycles. The third-order valence-electron chi connectivity index (χ3n) is 1.92. The van der Waals surface area contributed by atoms with Gasteiger partial charge in [-0.05, 0) is 22.1 Å². The Morgan fingerprint density at radius 3 is 3.07 bits per heavy atom. The smallest absolute Gasteiger partial charge is 0.179 e. The maximum absolute atomic E-state index is 8.66. The van der Waals surface area contributed by atoms with Crippen molar-refractivity contribution < 1.29 is 5.11 Å². The zero-order valence-electron chi connectivity index (χ0n) is 7.96. The maximum atomic E-state index is 8.66. The minimum Gasteiger partial charge on any atom is -0.392 e. The monoisotopic (exact) mass is 202 g/mol. The zero-order valence-corrected chi connectivity index (χ0v) is 7.96. The average molecular weight is 202 g/mol. The highest BCUT2D eigenvalue weighted by Gasteiger charge is 2.00. The van der Waals surface area contributed by atoms with Gasteiger partial charge in [0.15, 0.2) is 5.82 Å². The van der Waals surface area contributed by atoms with Gasteiger partial charge in [0, 0.05) is 5.56 Å². The SMILES string of the molecule is OC/C=C/c1cccc(-c2nnn[nH]2)c1. The van der Waals surface area contributed by atoms with Crippen LogP contribution in [0.2, 0.25) is 0 Å². The minimum absolute atomic E-state index is 0.0358. The summed E-state index contributed by atoms with van der Waals surface area (Å²) in [4.78, 5) is 0. The summed E-state index contributed by atoms with van der Waals surface area (Å²) >= 11 is 0. The predicted octanol–water partition coefficient (Wildman–Crippen LogP) is 0.872. The van der Waals surface area contributed by atoms with Crippen LogP contribution < -0.4 is 0 Å². The van der Waals surface area contributed by atoms with Crippen LogP contribution >= 0.6 is 0 Å². The zero-order chi connectivity index (χ0) is 10.5. The van der Waals surface area contributed by atoms with Crippen LogP contribution in [0.25, 0.3) is 17.5 Å². The van der Waals surface area contributed by atoms with Gasteiger partial charge in [-0.3, -0.25) is 0 Å². The summed E-state index contributed by atoms with van der Waals surface area (Å²) in [6, 6.07) is 7.71. The van der Waals surface area contributed by atoms with Crippen molar-refractivity contribution in [2.45, 2.75) is 0 Å². The molecule has 2 aromatic rings. The van der Waals surface area contributed by atoms with E-state index in [0.29, 0.717) is 5.82 Å². The Hall–Kier alpha value is -2.01. The van der Waals surface area contributed by atoms with Crippen LogP contribution in [0.5, 0.6) is 0 Å². The van der Waals surface area contributed by atoms with E-state index in [1.165, 1.54) is 0 Å². The molecule has 15 heavy (non-hydrogen) atoms. The maximum Gasteiger partial charge on any atom is 0.179 e. The molecule has 1 heterocycles. The summed E-state index contributed by atoms with van der Waals surface area (Å²) in [7, 11) is 0. The van der Waals surface area contributed by atoms with Crippen molar-refractivity contribution in [2.75, 3.05) is 6.61 Å². The van der Waals surface area contributed by atoms with E-state index in [9.17, 15) is 0 Å². The van der Waals surface area contributed by atoms with Gasteiger partial charge in [-0.2, -0.15) is 0 Å². The van der Waals surface area contributed by atoms with Crippen molar-refractivity contribution in [1.29, 1.82) is 0 Å². The summed E-state index contributed by atoms with van der Waals surface area (Å²) in [6.45, 7) is 0.0358. The van der Waals surface area contributed by atoms with E-state index in [4.69, 9.17) is 5.11 Å². The molecule has 0 saturated carbocycles. The van der Waals surface area contributed by atoms with Gasteiger partial charge in [-0.15, -0.1) is 5.10 Å². The number of tetrazole rings is 1. The number of aromatic amines is 1. The lowest BCUT2D eigenvalue weighted by Gasteiger charge is -1.97. The molecule has 2 N–H and O–H groups in total. The van der Waals surface area contributed by atoms with Crippen molar-refractivity contribution in [3.8, 4) is 11.4 Å². The van der Waals surface area contributed by atoms with E-state index in [-0.39, 0.29) is 6.61 Å². The second-order valence-corrected chi connectivity index (χ2v) is 2.96. The fraction of sp³-hybridized carbons (Fsp3) is 0.100. The Morgan fingerprint density at radius 2 is 2.33 bits per heavy atom. The van der Waals surface area contributed by atoms with Gasteiger partial charge in [0.05, 0.1) is 6.61 Å². The third-order valence-corrected chi connectivity index (χ3v) is 1.92. The third kappa shape index (κ3) is 2.26. The topological polar surface area (TPSA) is 74.7 Å². The van der Waals surface area contributed by atoms with Gasteiger partial charge in [-0.25, -0.2) is 5.10 Å². The molecule has 0 fully saturated rings. The number of aliphatic hydroxyl groups excluding tert-OH is 1. The number of nitrogens with one attached hydrogen (secondary N) is 1. The fourth-order valence-electron chi connectivity index (χ4n) is 1.26. The summed E-state index contributed by atoms with van der Waals surface area (Å²) in [6.07, 6.45) is 3.52. The molecular weight excluding hydrogens is 192 g/mol. The Labute approximate surface area is 86.5 Å². The molecule has 0 radical (unpaired) electrons. The highest BCUT2D eigenvalue weighted by atomic mass is 16.2. The normalized spacial score (nSPS) is 11.0. The molecule has 2 rings (SSSR count). The van der Waals surface area contributed by atoms with E-state index in [1.807, 2.05) is 30.3 Å². The molecule has 76 valence electrons. The standard InChI is InChI=1S/C10H10N4O/c15-6-2-4-8-3-1-5-9(7-8)10-11-13-14-12-10/h1-5,7,15H,6H2,(H,11,12,13,14)/b4-2+. The molecule has 0 amide bonds. The number of benzene rings is 1. The predicted molar refractivity (Wildman–Crippen MR) is 55.7 cm³/mol. The van der Waals surface area contributed by atoms with E-state index < -0.39 is 0 Å². The molecule has 0 aliphatic carbocycles. The number of hydrogen-bond donors (Lipinski definition) is 2. The van der Waals surface area contributed by atoms with Crippen LogP contribution in [0.1, 0.15) is 5.56 Å². The summed E-state index contributed by atoms with van der Waals surface area (Å²) < 4.78 is 0. The molecular formula is C10H10N4O. The van der Waals surface area contributed by atoms with E-state index in [2.05, 4.69) is 20.6 Å². The van der Waals surface area contributed by atoms with Gasteiger partial charge in [0.1, 0.15) is 0 Å². The molecule has 5 heteroatoms. The van der Waals surface area contributed by atoms with Gasteiger partial charge < -0.3 is 5.11 Å². The number of H-pyrrole nitrogens is 1. The molecule has 5 nitrogen and oxygen atoms in total. The number of nitrogens with zero attached hydrogens (tertiary/aromatic N) is 3. The Morgan fingerprint density at radius 1 is 1.40 bits per heavy atom. The molecule has 0 aliphatic rings. The highest BCUT2D eigenvalue weighted by Crippen LogP contribution is 2.15. The second kappa shape index (κ2) is 4.47. The first-order valence-electron chi connectivity index (χ1n) is 4.52. The van der Waals surface area contributed by atoms with Crippen LogP contribution in [0.3, 0.4) is 0 Å². The number of aliphatic hydroxyl groups is 1. The van der Waals surface area contributed by atoms with E-state index in [1.54, 1.807) is 6.08 Å². The Bertz CT molecular complexity index is 450. The highest BCUT2D eigenvalue weighted by molar-refractivity contribution is 5.61. The van der Waals surface area contributed by atoms with Gasteiger partial charge in [0.25, 0.3) is 0 Å². The molecule has 0 spiro atoms. The first-order valence-corrected chi connectivity index (χ1v) is 4.52. The fourth-order valence-corrected chi connectivity index (χ4v) is 1.26. The minimum atomic E-state index is 0.0358. The van der Waals surface area contributed by atoms with Crippen molar-refractivity contribution in [3.63, 3.8) is 0 Å². The first-order chi connectivity index (χ1) is 7.40. The van der Waals surface area contributed by atoms with Gasteiger partial charge in [-0.1, -0.05) is 30.4 Å². The Kier molecular flexibility index (Phi) is 2.85. The number of hydrogen-bond acceptors (Lipinski definition) is 4. The second-order valence-electron chi connectivity index (χ2n) is 2.96. The van der Waals surface area contributed by atoms with Crippen LogP contribution in [-0.2, 0) is 0 Å². The molecule has 0 saturated heterocycles. The molecule has 0 atom stereocenters. The molecule has 1 aromatic carbocycles. The summed E-state index contributed by atoms with van der Waals surface area (Å²) in [5.74, 6) is 0.634. The Balaban J connectivity index is 2.31. The largest absolute Gasteiger partial charge is 0.392 e. The molecule has 0 aliphatic heterocycles. The van der Waals surface area contributed by atoms with Gasteiger partial charge in [0.2, 0.25) is 0 Å². The number of aromatic nitrogens is 4. The van der Waals surface area contributed by atoms with Crippen molar-refractivity contribution >= 4 is 6.08 Å². The molecule has 0 unspecified atom stereocenters. The quantitative estimate of drug-likeness (QED) is 0.774. The lowest BCUT2D eigenvalue weighted by Crippen LogP contribution is -1.82. The first kappa shape index (κ1) is 9.54. The van der Waals surface area contributed by atoms with Crippen molar-refractivity contribution in [2.24, 2.45) is 0 Å². The van der Waals surface area contributed by atoms with Crippen molar-refractivity contribution in [3.05, 3.63) is 35.9 Å². The average Bonchev–Trinajstić information content (AvgIpc) is 2.80. The van der Waals surface area contributed by atoms with Crippen LogP contribution in [0.4, 0.5) is 0 Å². The summed E-state index contributed by atoms with van der Waals surface area (Å²) in [5.41, 5.74) is 1.91. The van der Waals surface area contributed by atoms with Crippen molar-refractivity contribution in [1.82, 2.24) is 20.6 Å². The lowest BCUT2D eigenvalue weighted by molar-refractivity contribution is 0.343. The van der Waals surface area contributed by atoms with Crippen LogP contribution in [0, 0.1) is 0 Å². The molecule has 0 bridgehead atoms. The van der Waals surface area contributed by atoms with Crippen LogP contribution in [0.15, 0.2) is 30.3 Å². The number of rotatable bonds is 3.